The van der Waals surface area contributed by atoms with Gasteiger partial charge in [-0.1, -0.05) is 42.5 Å². The molecule has 0 aromatic heterocycles. The fraction of sp³-hybridized carbons (Fsp3) is 0.174. The highest BCUT2D eigenvalue weighted by atomic mass is 19.1. The predicted octanol–water partition coefficient (Wildman–Crippen LogP) is 4.65. The van der Waals surface area contributed by atoms with Crippen molar-refractivity contribution in [1.82, 2.24) is 4.90 Å². The Kier molecular flexibility index (Phi) is 5.27. The lowest BCUT2D eigenvalue weighted by molar-refractivity contribution is -0.143. The molecule has 3 aromatic rings. The summed E-state index contributed by atoms with van der Waals surface area (Å²) in [6, 6.07) is 16.6. The summed E-state index contributed by atoms with van der Waals surface area (Å²) in [7, 11) is 0. The van der Waals surface area contributed by atoms with Crippen LogP contribution in [0, 0.1) is 11.6 Å². The molecule has 0 saturated heterocycles. The number of halogens is 2. The topological polar surface area (TPSA) is 49.8 Å². The molecule has 1 aliphatic heterocycles. The molecule has 4 rings (SSSR count). The van der Waals surface area contributed by atoms with Crippen LogP contribution in [0.3, 0.4) is 0 Å². The zero-order chi connectivity index (χ0) is 20.4. The maximum atomic E-state index is 14.4. The standard InChI is InChI=1S/C23H19F2NO3/c24-16-9-10-21-19(13-16)22(23(27)28)26(11-12-29-21)14-15-5-1-2-6-17(15)18-7-3-4-8-20(18)25/h1-10,13,22H,11-12,14H2,(H,27,28). The predicted molar refractivity (Wildman–Crippen MR) is 105 cm³/mol. The average molecular weight is 395 g/mol. The third-order valence-corrected chi connectivity index (χ3v) is 5.06. The molecule has 6 heteroatoms. The van der Waals surface area contributed by atoms with E-state index in [0.717, 1.165) is 5.56 Å². The van der Waals surface area contributed by atoms with Gasteiger partial charge in [0.2, 0.25) is 0 Å². The molecule has 1 unspecified atom stereocenters. The molecule has 3 aromatic carbocycles. The summed E-state index contributed by atoms with van der Waals surface area (Å²) < 4.78 is 33.9. The molecule has 4 nitrogen and oxygen atoms in total. The Balaban J connectivity index is 1.74. The molecule has 0 bridgehead atoms. The summed E-state index contributed by atoms with van der Waals surface area (Å²) in [6.07, 6.45) is 0. The van der Waals surface area contributed by atoms with Crippen molar-refractivity contribution in [2.75, 3.05) is 13.2 Å². The molecule has 0 radical (unpaired) electrons. The largest absolute Gasteiger partial charge is 0.492 e. The van der Waals surface area contributed by atoms with Crippen LogP contribution in [0.25, 0.3) is 11.1 Å². The summed E-state index contributed by atoms with van der Waals surface area (Å²) >= 11 is 0. The zero-order valence-electron chi connectivity index (χ0n) is 15.5. The van der Waals surface area contributed by atoms with Gasteiger partial charge in [0, 0.05) is 24.2 Å². The molecule has 148 valence electrons. The zero-order valence-corrected chi connectivity index (χ0v) is 15.5. The monoisotopic (exact) mass is 395 g/mol. The number of benzene rings is 3. The van der Waals surface area contributed by atoms with E-state index >= 15 is 0 Å². The number of carbonyl (C=O) groups is 1. The van der Waals surface area contributed by atoms with E-state index in [1.165, 1.54) is 24.3 Å². The van der Waals surface area contributed by atoms with Crippen LogP contribution in [0.4, 0.5) is 8.78 Å². The number of hydrogen-bond donors (Lipinski definition) is 1. The molecule has 0 spiro atoms. The minimum absolute atomic E-state index is 0.251. The number of carboxylic acids is 1. The molecule has 0 amide bonds. The highest BCUT2D eigenvalue weighted by Crippen LogP contribution is 2.35. The number of nitrogens with zero attached hydrogens (tertiary/aromatic N) is 1. The maximum Gasteiger partial charge on any atom is 0.325 e. The third kappa shape index (κ3) is 3.84. The molecule has 0 saturated carbocycles. The fourth-order valence-corrected chi connectivity index (χ4v) is 3.74. The second-order valence-electron chi connectivity index (χ2n) is 6.88. The smallest absolute Gasteiger partial charge is 0.325 e. The van der Waals surface area contributed by atoms with Crippen LogP contribution >= 0.6 is 0 Å². The first-order valence-corrected chi connectivity index (χ1v) is 9.26. The third-order valence-electron chi connectivity index (χ3n) is 5.06. The fourth-order valence-electron chi connectivity index (χ4n) is 3.74. The van der Waals surface area contributed by atoms with E-state index in [0.29, 0.717) is 23.4 Å². The van der Waals surface area contributed by atoms with E-state index in [4.69, 9.17) is 4.74 Å². The molecular formula is C23H19F2NO3. The van der Waals surface area contributed by atoms with Crippen LogP contribution in [0.2, 0.25) is 0 Å². The van der Waals surface area contributed by atoms with Gasteiger partial charge in [-0.25, -0.2) is 8.78 Å². The van der Waals surface area contributed by atoms with E-state index in [-0.39, 0.29) is 24.5 Å². The van der Waals surface area contributed by atoms with E-state index in [9.17, 15) is 18.7 Å². The Morgan fingerprint density at radius 3 is 2.52 bits per heavy atom. The molecule has 1 aliphatic rings. The first-order chi connectivity index (χ1) is 14.0. The minimum atomic E-state index is -1.09. The number of carboxylic acid groups (broad SMARTS) is 1. The van der Waals surface area contributed by atoms with Crippen LogP contribution < -0.4 is 4.74 Å². The first-order valence-electron chi connectivity index (χ1n) is 9.26. The Bertz CT molecular complexity index is 1050. The van der Waals surface area contributed by atoms with Gasteiger partial charge in [-0.15, -0.1) is 0 Å². The van der Waals surface area contributed by atoms with Crippen molar-refractivity contribution in [3.63, 3.8) is 0 Å². The van der Waals surface area contributed by atoms with Crippen molar-refractivity contribution in [3.05, 3.63) is 89.5 Å². The number of ether oxygens (including phenoxy) is 1. The van der Waals surface area contributed by atoms with Gasteiger partial charge in [-0.2, -0.15) is 0 Å². The molecular weight excluding hydrogens is 376 g/mol. The van der Waals surface area contributed by atoms with E-state index in [2.05, 4.69) is 0 Å². The lowest BCUT2D eigenvalue weighted by Crippen LogP contribution is -2.34. The summed E-state index contributed by atoms with van der Waals surface area (Å²) in [5, 5.41) is 9.90. The van der Waals surface area contributed by atoms with Crippen LogP contribution in [0.5, 0.6) is 5.75 Å². The van der Waals surface area contributed by atoms with Crippen molar-refractivity contribution in [2.45, 2.75) is 12.6 Å². The van der Waals surface area contributed by atoms with Crippen LogP contribution in [0.15, 0.2) is 66.7 Å². The van der Waals surface area contributed by atoms with Crippen molar-refractivity contribution >= 4 is 5.97 Å². The number of rotatable bonds is 4. The van der Waals surface area contributed by atoms with Gasteiger partial charge in [0.05, 0.1) is 0 Å². The lowest BCUT2D eigenvalue weighted by atomic mass is 9.97. The molecule has 0 fully saturated rings. The summed E-state index contributed by atoms with van der Waals surface area (Å²) in [5.41, 5.74) is 2.20. The Hall–Kier alpha value is -3.25. The van der Waals surface area contributed by atoms with Crippen molar-refractivity contribution in [1.29, 1.82) is 0 Å². The van der Waals surface area contributed by atoms with E-state index in [1.807, 2.05) is 24.3 Å². The number of aliphatic carboxylic acids is 1. The molecule has 1 heterocycles. The Morgan fingerprint density at radius 1 is 1.03 bits per heavy atom. The normalized spacial score (nSPS) is 16.6. The van der Waals surface area contributed by atoms with Gasteiger partial charge in [-0.05, 0) is 35.4 Å². The second kappa shape index (κ2) is 8.01. The summed E-state index contributed by atoms with van der Waals surface area (Å²) in [6.45, 7) is 0.851. The van der Waals surface area contributed by atoms with Crippen molar-refractivity contribution in [2.24, 2.45) is 0 Å². The van der Waals surface area contributed by atoms with Gasteiger partial charge in [0.25, 0.3) is 0 Å². The highest BCUT2D eigenvalue weighted by Gasteiger charge is 2.33. The van der Waals surface area contributed by atoms with Crippen LogP contribution in [0.1, 0.15) is 17.2 Å². The lowest BCUT2D eigenvalue weighted by Gasteiger charge is -2.27. The summed E-state index contributed by atoms with van der Waals surface area (Å²) in [4.78, 5) is 13.8. The van der Waals surface area contributed by atoms with Crippen LogP contribution in [-0.2, 0) is 11.3 Å². The number of hydrogen-bond acceptors (Lipinski definition) is 3. The SMILES string of the molecule is O=C(O)C1c2cc(F)ccc2OCCN1Cc1ccccc1-c1ccccc1F. The van der Waals surface area contributed by atoms with E-state index < -0.39 is 17.8 Å². The van der Waals surface area contributed by atoms with Gasteiger partial charge in [0.1, 0.15) is 30.0 Å². The van der Waals surface area contributed by atoms with Crippen molar-refractivity contribution in [3.8, 4) is 16.9 Å². The molecule has 1 N–H and O–H groups in total. The Morgan fingerprint density at radius 2 is 1.76 bits per heavy atom. The van der Waals surface area contributed by atoms with Gasteiger partial charge in [-0.3, -0.25) is 9.69 Å². The van der Waals surface area contributed by atoms with Crippen LogP contribution in [-0.4, -0.2) is 29.1 Å². The number of fused-ring (bicyclic) bond motifs is 1. The molecule has 29 heavy (non-hydrogen) atoms. The van der Waals surface area contributed by atoms with Crippen molar-refractivity contribution < 1.29 is 23.4 Å². The van der Waals surface area contributed by atoms with Gasteiger partial charge in [0.15, 0.2) is 0 Å². The van der Waals surface area contributed by atoms with Gasteiger partial charge < -0.3 is 9.84 Å². The quantitative estimate of drug-likeness (QED) is 0.699. The summed E-state index contributed by atoms with van der Waals surface area (Å²) in [5.74, 6) is -1.59. The minimum Gasteiger partial charge on any atom is -0.492 e. The second-order valence-corrected chi connectivity index (χ2v) is 6.88. The maximum absolute atomic E-state index is 14.4. The first kappa shape index (κ1) is 19.1. The van der Waals surface area contributed by atoms with E-state index in [1.54, 1.807) is 23.1 Å². The highest BCUT2D eigenvalue weighted by molar-refractivity contribution is 5.77. The molecule has 1 atom stereocenters. The Labute approximate surface area is 167 Å². The average Bonchev–Trinajstić information content (AvgIpc) is 2.87. The molecule has 0 aliphatic carbocycles. The van der Waals surface area contributed by atoms with Gasteiger partial charge >= 0.3 is 5.97 Å².